The van der Waals surface area contributed by atoms with Crippen LogP contribution in [-0.2, 0) is 25.7 Å². The Kier molecular flexibility index (Phi) is 7.95. The monoisotopic (exact) mass is 618 g/mol. The number of methoxy groups -OCH3 is 1. The second-order valence-corrected chi connectivity index (χ2v) is 12.8. The van der Waals surface area contributed by atoms with Gasteiger partial charge >= 0.3 is 0 Å². The Bertz CT molecular complexity index is 2110. The molecule has 0 fully saturated rings. The van der Waals surface area contributed by atoms with Crippen molar-refractivity contribution >= 4 is 0 Å². The Hall–Kier alpha value is -5.48. The van der Waals surface area contributed by atoms with E-state index in [0.29, 0.717) is 25.7 Å². The van der Waals surface area contributed by atoms with Gasteiger partial charge in [-0.25, -0.2) is 0 Å². The van der Waals surface area contributed by atoms with Crippen molar-refractivity contribution in [2.75, 3.05) is 7.11 Å². The fourth-order valence-electron chi connectivity index (χ4n) is 7.13. The van der Waals surface area contributed by atoms with Crippen molar-refractivity contribution < 1.29 is 20.1 Å². The predicted octanol–water partition coefficient (Wildman–Crippen LogP) is 9.44. The SMILES string of the molecule is COc1c2cc(-c3ccccc3)cc1Cc1cc(-c3ccccc3)cc(c1O)Cc1cc(C)cc(c1O)Cc1cc(C)cc(c1O)C2. The van der Waals surface area contributed by atoms with Crippen LogP contribution >= 0.6 is 0 Å². The van der Waals surface area contributed by atoms with Crippen LogP contribution in [0.1, 0.15) is 55.6 Å². The van der Waals surface area contributed by atoms with Crippen LogP contribution in [-0.4, -0.2) is 22.4 Å². The number of phenols is 3. The van der Waals surface area contributed by atoms with Gasteiger partial charge in [0.1, 0.15) is 23.0 Å². The first kappa shape index (κ1) is 30.2. The standard InChI is InChI=1S/C43H38O4/c1-26-14-32-22-33-15-27(2)17-35(41(33)45)24-38-20-31(29-12-8-5-9-13-29)21-39(43(38)47-3)25-37-19-30(28-10-6-4-7-11-28)18-36(42(37)46)23-34(16-26)40(32)44/h4-21,44-46H,22-25H2,1-3H3. The van der Waals surface area contributed by atoms with Crippen LogP contribution in [0.3, 0.4) is 0 Å². The molecule has 47 heavy (non-hydrogen) atoms. The Balaban J connectivity index is 1.52. The second kappa shape index (κ2) is 12.4. The lowest BCUT2D eigenvalue weighted by molar-refractivity contribution is 0.405. The molecule has 0 unspecified atom stereocenters. The van der Waals surface area contributed by atoms with E-state index in [4.69, 9.17) is 4.74 Å². The van der Waals surface area contributed by atoms with Gasteiger partial charge in [-0.15, -0.1) is 0 Å². The number of aromatic hydroxyl groups is 3. The first-order valence-corrected chi connectivity index (χ1v) is 16.1. The van der Waals surface area contributed by atoms with Crippen LogP contribution in [0.5, 0.6) is 23.0 Å². The number of phenolic OH excluding ortho intramolecular Hbond substituents is 3. The zero-order valence-electron chi connectivity index (χ0n) is 27.0. The molecule has 6 aromatic carbocycles. The molecule has 3 N–H and O–H groups in total. The van der Waals surface area contributed by atoms with Crippen LogP contribution in [0.15, 0.2) is 109 Å². The summed E-state index contributed by atoms with van der Waals surface area (Å²) in [6.45, 7) is 4.05. The van der Waals surface area contributed by atoms with Gasteiger partial charge < -0.3 is 20.1 Å². The van der Waals surface area contributed by atoms with E-state index in [1.807, 2.05) is 80.6 Å². The van der Waals surface area contributed by atoms with E-state index < -0.39 is 0 Å². The Morgan fingerprint density at radius 2 is 0.702 bits per heavy atom. The van der Waals surface area contributed by atoms with Crippen molar-refractivity contribution in [3.63, 3.8) is 0 Å². The van der Waals surface area contributed by atoms with E-state index in [-0.39, 0.29) is 17.2 Å². The fourth-order valence-corrected chi connectivity index (χ4v) is 7.13. The average Bonchev–Trinajstić information content (AvgIpc) is 3.07. The lowest BCUT2D eigenvalue weighted by Crippen LogP contribution is -2.04. The number of benzene rings is 6. The zero-order chi connectivity index (χ0) is 32.7. The molecule has 234 valence electrons. The van der Waals surface area contributed by atoms with E-state index in [2.05, 4.69) is 42.5 Å². The third-order valence-corrected chi connectivity index (χ3v) is 9.28. The van der Waals surface area contributed by atoms with Crippen molar-refractivity contribution in [2.24, 2.45) is 0 Å². The van der Waals surface area contributed by atoms with E-state index in [9.17, 15) is 15.3 Å². The maximum atomic E-state index is 11.9. The number of hydrogen-bond donors (Lipinski definition) is 3. The van der Waals surface area contributed by atoms with Gasteiger partial charge in [0.15, 0.2) is 0 Å². The smallest absolute Gasteiger partial charge is 0.125 e. The molecule has 0 saturated carbocycles. The molecule has 4 nitrogen and oxygen atoms in total. The number of ether oxygens (including phenoxy) is 1. The highest BCUT2D eigenvalue weighted by Gasteiger charge is 2.22. The van der Waals surface area contributed by atoms with Crippen LogP contribution < -0.4 is 4.74 Å². The number of rotatable bonds is 3. The molecule has 1 aliphatic carbocycles. The lowest BCUT2D eigenvalue weighted by Gasteiger charge is -2.21. The van der Waals surface area contributed by atoms with Gasteiger partial charge in [-0.05, 0) is 105 Å². The van der Waals surface area contributed by atoms with E-state index in [0.717, 1.165) is 83.6 Å². The van der Waals surface area contributed by atoms with Crippen molar-refractivity contribution in [3.05, 3.63) is 165 Å². The van der Waals surface area contributed by atoms with Crippen molar-refractivity contribution in [3.8, 4) is 45.3 Å². The summed E-state index contributed by atoms with van der Waals surface area (Å²) in [5, 5.41) is 35.2. The van der Waals surface area contributed by atoms with Crippen LogP contribution in [0.2, 0.25) is 0 Å². The first-order chi connectivity index (χ1) is 22.8. The van der Waals surface area contributed by atoms with E-state index >= 15 is 0 Å². The highest BCUT2D eigenvalue weighted by molar-refractivity contribution is 5.71. The Morgan fingerprint density at radius 3 is 1.04 bits per heavy atom. The minimum Gasteiger partial charge on any atom is -0.507 e. The third kappa shape index (κ3) is 5.95. The lowest BCUT2D eigenvalue weighted by atomic mass is 9.87. The normalized spacial score (nSPS) is 12.5. The van der Waals surface area contributed by atoms with Crippen molar-refractivity contribution in [1.82, 2.24) is 0 Å². The topological polar surface area (TPSA) is 69.9 Å². The molecule has 0 aromatic heterocycles. The summed E-state index contributed by atoms with van der Waals surface area (Å²) in [6, 6.07) is 36.8. The maximum absolute atomic E-state index is 11.9. The summed E-state index contributed by atoms with van der Waals surface area (Å²) >= 11 is 0. The van der Waals surface area contributed by atoms with Crippen LogP contribution in [0.25, 0.3) is 22.3 Å². The van der Waals surface area contributed by atoms with Crippen molar-refractivity contribution in [1.29, 1.82) is 0 Å². The van der Waals surface area contributed by atoms with Crippen molar-refractivity contribution in [2.45, 2.75) is 39.5 Å². The largest absolute Gasteiger partial charge is 0.507 e. The van der Waals surface area contributed by atoms with E-state index in [1.54, 1.807) is 7.11 Å². The Labute approximate surface area is 276 Å². The third-order valence-electron chi connectivity index (χ3n) is 9.28. The van der Waals surface area contributed by atoms with Gasteiger partial charge in [-0.1, -0.05) is 96.1 Å². The van der Waals surface area contributed by atoms with E-state index in [1.165, 1.54) is 0 Å². The van der Waals surface area contributed by atoms with Gasteiger partial charge in [0.2, 0.25) is 0 Å². The molecule has 0 aliphatic heterocycles. The number of fused-ring (bicyclic) bond motifs is 8. The van der Waals surface area contributed by atoms with Gasteiger partial charge in [0.25, 0.3) is 0 Å². The summed E-state index contributed by atoms with van der Waals surface area (Å²) in [7, 11) is 1.69. The minimum absolute atomic E-state index is 0.190. The molecule has 0 amide bonds. The summed E-state index contributed by atoms with van der Waals surface area (Å²) in [5.41, 5.74) is 12.6. The highest BCUT2D eigenvalue weighted by atomic mass is 16.5. The predicted molar refractivity (Wildman–Crippen MR) is 189 cm³/mol. The maximum Gasteiger partial charge on any atom is 0.125 e. The molecule has 0 saturated heterocycles. The summed E-state index contributed by atoms with van der Waals surface area (Å²) in [4.78, 5) is 0. The van der Waals surface area contributed by atoms with Crippen LogP contribution in [0.4, 0.5) is 0 Å². The van der Waals surface area contributed by atoms with Gasteiger partial charge in [0, 0.05) is 25.7 Å². The summed E-state index contributed by atoms with van der Waals surface area (Å²) < 4.78 is 6.15. The Morgan fingerprint density at radius 1 is 0.404 bits per heavy atom. The second-order valence-electron chi connectivity index (χ2n) is 12.8. The summed E-state index contributed by atoms with van der Waals surface area (Å²) in [5.74, 6) is 1.38. The molecule has 0 radical (unpaired) electrons. The molecule has 4 heteroatoms. The molecule has 0 atom stereocenters. The zero-order valence-corrected chi connectivity index (χ0v) is 27.0. The average molecular weight is 619 g/mol. The molecule has 7 rings (SSSR count). The highest BCUT2D eigenvalue weighted by Crippen LogP contribution is 2.41. The number of hydrogen-bond acceptors (Lipinski definition) is 4. The molecule has 0 spiro atoms. The first-order valence-electron chi connectivity index (χ1n) is 16.1. The van der Waals surface area contributed by atoms with Gasteiger partial charge in [-0.3, -0.25) is 0 Å². The molecular weight excluding hydrogens is 580 g/mol. The molecule has 8 bridgehead atoms. The quantitative estimate of drug-likeness (QED) is 0.185. The fraction of sp³-hybridized carbons (Fsp3) is 0.163. The molecule has 0 heterocycles. The molecule has 6 aromatic rings. The minimum atomic E-state index is 0.190. The van der Waals surface area contributed by atoms with Gasteiger partial charge in [0.05, 0.1) is 7.11 Å². The van der Waals surface area contributed by atoms with Crippen LogP contribution in [0, 0.1) is 13.8 Å². The van der Waals surface area contributed by atoms with Gasteiger partial charge in [-0.2, -0.15) is 0 Å². The molecular formula is C43H38O4. The molecule has 1 aliphatic rings. The summed E-state index contributed by atoms with van der Waals surface area (Å²) in [6.07, 6.45) is 1.59. The number of aryl methyl sites for hydroxylation is 2.